The van der Waals surface area contributed by atoms with Gasteiger partial charge in [0.2, 0.25) is 10.0 Å². The van der Waals surface area contributed by atoms with E-state index in [0.29, 0.717) is 17.1 Å². The highest BCUT2D eigenvalue weighted by molar-refractivity contribution is 7.92. The van der Waals surface area contributed by atoms with Crippen molar-refractivity contribution in [1.29, 1.82) is 0 Å². The molecule has 1 aliphatic heterocycles. The average Bonchev–Trinajstić information content (AvgIpc) is 2.48. The molecule has 7 heteroatoms. The number of para-hydroxylation sites is 1. The van der Waals surface area contributed by atoms with Gasteiger partial charge in [0, 0.05) is 6.07 Å². The molecule has 1 aliphatic rings. The molecule has 1 amide bonds. The molecule has 138 valence electrons. The SMILES string of the molecule is Cc1cccc(C)c1N1C(=O)C(C)(C)Oc2cc(NS(C)(=O)=O)ccc21. The van der Waals surface area contributed by atoms with Crippen molar-refractivity contribution in [2.24, 2.45) is 0 Å². The van der Waals surface area contributed by atoms with Crippen molar-refractivity contribution in [1.82, 2.24) is 0 Å². The zero-order valence-corrected chi connectivity index (χ0v) is 16.3. The van der Waals surface area contributed by atoms with Gasteiger partial charge in [0.05, 0.1) is 23.3 Å². The van der Waals surface area contributed by atoms with Crippen molar-refractivity contribution in [3.63, 3.8) is 0 Å². The second-order valence-corrected chi connectivity index (χ2v) is 8.80. The number of nitrogens with one attached hydrogen (secondary N) is 1. The molecular weight excluding hydrogens is 352 g/mol. The van der Waals surface area contributed by atoms with Crippen LogP contribution in [0.3, 0.4) is 0 Å². The van der Waals surface area contributed by atoms with Crippen LogP contribution in [0.5, 0.6) is 5.75 Å². The molecule has 0 atom stereocenters. The van der Waals surface area contributed by atoms with Gasteiger partial charge in [-0.15, -0.1) is 0 Å². The van der Waals surface area contributed by atoms with Crippen molar-refractivity contribution in [2.45, 2.75) is 33.3 Å². The third-order valence-corrected chi connectivity index (χ3v) is 4.86. The lowest BCUT2D eigenvalue weighted by Gasteiger charge is -2.40. The van der Waals surface area contributed by atoms with Crippen LogP contribution in [-0.2, 0) is 14.8 Å². The van der Waals surface area contributed by atoms with Crippen molar-refractivity contribution < 1.29 is 17.9 Å². The summed E-state index contributed by atoms with van der Waals surface area (Å²) >= 11 is 0. The molecule has 3 rings (SSSR count). The Kier molecular flexibility index (Phi) is 4.23. The molecule has 0 bridgehead atoms. The van der Waals surface area contributed by atoms with E-state index in [1.165, 1.54) is 0 Å². The molecule has 0 unspecified atom stereocenters. The number of nitrogens with zero attached hydrogens (tertiary/aromatic N) is 1. The number of fused-ring (bicyclic) bond motifs is 1. The summed E-state index contributed by atoms with van der Waals surface area (Å²) in [6.07, 6.45) is 1.09. The predicted molar refractivity (Wildman–Crippen MR) is 103 cm³/mol. The number of sulfonamides is 1. The monoisotopic (exact) mass is 374 g/mol. The molecule has 0 saturated carbocycles. The molecule has 6 nitrogen and oxygen atoms in total. The second kappa shape index (κ2) is 6.02. The highest BCUT2D eigenvalue weighted by Gasteiger charge is 2.42. The van der Waals surface area contributed by atoms with Crippen LogP contribution < -0.4 is 14.4 Å². The molecule has 0 spiro atoms. The first kappa shape index (κ1) is 18.3. The van der Waals surface area contributed by atoms with Crippen molar-refractivity contribution in [3.8, 4) is 5.75 Å². The number of rotatable bonds is 3. The minimum absolute atomic E-state index is 0.175. The second-order valence-electron chi connectivity index (χ2n) is 7.05. The Hall–Kier alpha value is -2.54. The number of ether oxygens (including phenoxy) is 1. The van der Waals surface area contributed by atoms with E-state index in [1.54, 1.807) is 36.9 Å². The lowest BCUT2D eigenvalue weighted by Crippen LogP contribution is -2.50. The number of hydrogen-bond donors (Lipinski definition) is 1. The van der Waals surface area contributed by atoms with Gasteiger partial charge in [-0.2, -0.15) is 0 Å². The quantitative estimate of drug-likeness (QED) is 0.892. The standard InChI is InChI=1S/C19H22N2O4S/c1-12-7-6-8-13(2)17(12)21-15-10-9-14(20-26(5,23)24)11-16(15)25-19(3,4)18(21)22/h6-11,20H,1-5H3. The van der Waals surface area contributed by atoms with E-state index >= 15 is 0 Å². The van der Waals surface area contributed by atoms with Crippen LogP contribution in [0.4, 0.5) is 17.1 Å². The van der Waals surface area contributed by atoms with E-state index in [4.69, 9.17) is 4.74 Å². The summed E-state index contributed by atoms with van der Waals surface area (Å²) in [5.41, 5.74) is 2.66. The lowest BCUT2D eigenvalue weighted by atomic mass is 9.99. The van der Waals surface area contributed by atoms with Crippen LogP contribution in [0, 0.1) is 13.8 Å². The van der Waals surface area contributed by atoms with Crippen LogP contribution in [0.15, 0.2) is 36.4 Å². The Labute approximate surface area is 153 Å². The third kappa shape index (κ3) is 3.26. The van der Waals surface area contributed by atoms with Gasteiger partial charge in [0.25, 0.3) is 5.91 Å². The Balaban J connectivity index is 2.20. The van der Waals surface area contributed by atoms with Crippen molar-refractivity contribution in [3.05, 3.63) is 47.5 Å². The topological polar surface area (TPSA) is 75.7 Å². The van der Waals surface area contributed by atoms with E-state index in [1.807, 2.05) is 32.0 Å². The number of aryl methyl sites for hydroxylation is 2. The molecule has 0 saturated heterocycles. The molecule has 2 aromatic carbocycles. The maximum absolute atomic E-state index is 13.1. The summed E-state index contributed by atoms with van der Waals surface area (Å²) in [5, 5.41) is 0. The fraction of sp³-hybridized carbons (Fsp3) is 0.316. The van der Waals surface area contributed by atoms with E-state index < -0.39 is 15.6 Å². The molecule has 0 aliphatic carbocycles. The molecule has 26 heavy (non-hydrogen) atoms. The maximum atomic E-state index is 13.1. The lowest BCUT2D eigenvalue weighted by molar-refractivity contribution is -0.131. The van der Waals surface area contributed by atoms with Crippen molar-refractivity contribution in [2.75, 3.05) is 15.9 Å². The summed E-state index contributed by atoms with van der Waals surface area (Å²) in [5.74, 6) is 0.275. The molecular formula is C19H22N2O4S. The molecule has 0 fully saturated rings. The summed E-state index contributed by atoms with van der Waals surface area (Å²) in [6, 6.07) is 10.8. The zero-order valence-electron chi connectivity index (χ0n) is 15.5. The van der Waals surface area contributed by atoms with Crippen LogP contribution in [-0.4, -0.2) is 26.2 Å². The van der Waals surface area contributed by atoms with Crippen LogP contribution in [0.25, 0.3) is 0 Å². The Morgan fingerprint density at radius 1 is 1.08 bits per heavy atom. The number of anilines is 3. The van der Waals surface area contributed by atoms with E-state index in [0.717, 1.165) is 23.1 Å². The van der Waals surface area contributed by atoms with Gasteiger partial charge in [-0.1, -0.05) is 18.2 Å². The fourth-order valence-electron chi connectivity index (χ4n) is 3.14. The van der Waals surface area contributed by atoms with Crippen LogP contribution >= 0.6 is 0 Å². The van der Waals surface area contributed by atoms with Crippen LogP contribution in [0.2, 0.25) is 0 Å². The molecule has 0 radical (unpaired) electrons. The van der Waals surface area contributed by atoms with E-state index in [2.05, 4.69) is 4.72 Å². The number of benzene rings is 2. The number of hydrogen-bond acceptors (Lipinski definition) is 4. The summed E-state index contributed by atoms with van der Waals surface area (Å²) in [6.45, 7) is 7.32. The summed E-state index contributed by atoms with van der Waals surface area (Å²) in [4.78, 5) is 14.8. The minimum Gasteiger partial charge on any atom is -0.476 e. The van der Waals surface area contributed by atoms with E-state index in [9.17, 15) is 13.2 Å². The smallest absolute Gasteiger partial charge is 0.275 e. The third-order valence-electron chi connectivity index (χ3n) is 4.25. The van der Waals surface area contributed by atoms with Crippen molar-refractivity contribution >= 4 is 33.0 Å². The van der Waals surface area contributed by atoms with Gasteiger partial charge < -0.3 is 4.74 Å². The fourth-order valence-corrected chi connectivity index (χ4v) is 3.69. The molecule has 1 N–H and O–H groups in total. The normalized spacial score (nSPS) is 16.0. The zero-order chi connectivity index (χ0) is 19.3. The van der Waals surface area contributed by atoms with Gasteiger partial charge in [-0.05, 0) is 51.0 Å². The highest BCUT2D eigenvalue weighted by Crippen LogP contribution is 2.45. The van der Waals surface area contributed by atoms with Gasteiger partial charge in [-0.25, -0.2) is 8.42 Å². The van der Waals surface area contributed by atoms with Gasteiger partial charge in [0.15, 0.2) is 5.60 Å². The molecule has 2 aromatic rings. The maximum Gasteiger partial charge on any atom is 0.275 e. The molecule has 0 aromatic heterocycles. The summed E-state index contributed by atoms with van der Waals surface area (Å²) < 4.78 is 31.3. The average molecular weight is 374 g/mol. The Morgan fingerprint density at radius 2 is 1.69 bits per heavy atom. The van der Waals surface area contributed by atoms with Gasteiger partial charge in [-0.3, -0.25) is 14.4 Å². The minimum atomic E-state index is -3.41. The van der Waals surface area contributed by atoms with Gasteiger partial charge in [0.1, 0.15) is 5.75 Å². The Bertz CT molecular complexity index is 976. The predicted octanol–water partition coefficient (Wildman–Crippen LogP) is 3.51. The highest BCUT2D eigenvalue weighted by atomic mass is 32.2. The largest absolute Gasteiger partial charge is 0.476 e. The summed E-state index contributed by atoms with van der Waals surface area (Å²) in [7, 11) is -3.41. The first-order valence-corrected chi connectivity index (χ1v) is 10.1. The molecule has 1 heterocycles. The number of carbonyl (C=O) groups is 1. The number of carbonyl (C=O) groups excluding carboxylic acids is 1. The first-order valence-electron chi connectivity index (χ1n) is 8.21. The van der Waals surface area contributed by atoms with Gasteiger partial charge >= 0.3 is 0 Å². The van der Waals surface area contributed by atoms with Crippen LogP contribution in [0.1, 0.15) is 25.0 Å². The first-order chi connectivity index (χ1) is 12.0. The number of amides is 1. The van der Waals surface area contributed by atoms with E-state index in [-0.39, 0.29) is 5.91 Å². The Morgan fingerprint density at radius 3 is 2.27 bits per heavy atom.